The Morgan fingerprint density at radius 2 is 1.52 bits per heavy atom. The predicted molar refractivity (Wildman–Crippen MR) is 114 cm³/mol. The van der Waals surface area contributed by atoms with E-state index in [1.54, 1.807) is 30.3 Å². The molecule has 1 atom stereocenters. The Morgan fingerprint density at radius 3 is 2.17 bits per heavy atom. The van der Waals surface area contributed by atoms with Crippen LogP contribution in [0.4, 0.5) is 5.69 Å². The molecule has 0 spiro atoms. The molecule has 1 unspecified atom stereocenters. The fourth-order valence-corrected chi connectivity index (χ4v) is 3.75. The quantitative estimate of drug-likeness (QED) is 0.368. The fraction of sp³-hybridized carbons (Fsp3) is 0.0833. The van der Waals surface area contributed by atoms with Crippen molar-refractivity contribution in [3.05, 3.63) is 106 Å². The number of Topliss-reactive ketones (excluding diaryl/α,β-unsaturated/α-hetero) is 1. The monoisotopic (exact) mass is 403 g/mol. The molecule has 1 amide bonds. The van der Waals surface area contributed by atoms with E-state index in [4.69, 9.17) is 11.6 Å². The molecule has 1 aliphatic rings. The molecule has 0 saturated carbocycles. The summed E-state index contributed by atoms with van der Waals surface area (Å²) < 4.78 is 0. The molecule has 144 valence electrons. The Labute approximate surface area is 173 Å². The summed E-state index contributed by atoms with van der Waals surface area (Å²) in [5, 5.41) is 11.5. The zero-order chi connectivity index (χ0) is 20.5. The summed E-state index contributed by atoms with van der Waals surface area (Å²) in [5.74, 6) is -1.59. The number of aliphatic hydroxyl groups excluding tert-OH is 1. The molecule has 1 saturated heterocycles. The van der Waals surface area contributed by atoms with Crippen molar-refractivity contribution in [1.82, 2.24) is 0 Å². The Kier molecular flexibility index (Phi) is 4.95. The van der Waals surface area contributed by atoms with Gasteiger partial charge >= 0.3 is 0 Å². The van der Waals surface area contributed by atoms with Crippen molar-refractivity contribution in [3.63, 3.8) is 0 Å². The molecule has 5 heteroatoms. The SMILES string of the molecule is Cc1ccccc1N1C(=O)C(=O)C(=C(O)c2ccc(Cl)cc2)C1c1ccccc1. The third-order valence-corrected chi connectivity index (χ3v) is 5.30. The van der Waals surface area contributed by atoms with Gasteiger partial charge in [-0.05, 0) is 48.4 Å². The first-order valence-corrected chi connectivity index (χ1v) is 9.54. The maximum atomic E-state index is 13.1. The Hall–Kier alpha value is -3.37. The van der Waals surface area contributed by atoms with Crippen molar-refractivity contribution in [2.45, 2.75) is 13.0 Å². The number of carbonyl (C=O) groups excluding carboxylic acids is 2. The van der Waals surface area contributed by atoms with E-state index in [2.05, 4.69) is 0 Å². The first kappa shape index (κ1) is 19.0. The molecule has 0 radical (unpaired) electrons. The van der Waals surface area contributed by atoms with E-state index in [0.717, 1.165) is 11.1 Å². The van der Waals surface area contributed by atoms with Crippen LogP contribution >= 0.6 is 11.6 Å². The highest BCUT2D eigenvalue weighted by atomic mass is 35.5. The number of hydrogen-bond donors (Lipinski definition) is 1. The van der Waals surface area contributed by atoms with Crippen molar-refractivity contribution < 1.29 is 14.7 Å². The number of carbonyl (C=O) groups is 2. The summed E-state index contributed by atoms with van der Waals surface area (Å²) >= 11 is 5.95. The van der Waals surface area contributed by atoms with Gasteiger partial charge in [0.2, 0.25) is 0 Å². The van der Waals surface area contributed by atoms with Gasteiger partial charge in [-0.25, -0.2) is 0 Å². The Balaban J connectivity index is 1.96. The summed E-state index contributed by atoms with van der Waals surface area (Å²) in [7, 11) is 0. The average molecular weight is 404 g/mol. The van der Waals surface area contributed by atoms with Gasteiger partial charge in [0.15, 0.2) is 0 Å². The van der Waals surface area contributed by atoms with E-state index in [1.165, 1.54) is 4.90 Å². The van der Waals surface area contributed by atoms with Crippen LogP contribution in [0.5, 0.6) is 0 Å². The van der Waals surface area contributed by atoms with Gasteiger partial charge in [0.05, 0.1) is 11.6 Å². The number of halogens is 1. The van der Waals surface area contributed by atoms with Gasteiger partial charge < -0.3 is 5.11 Å². The predicted octanol–water partition coefficient (Wildman–Crippen LogP) is 5.27. The number of nitrogens with zero attached hydrogens (tertiary/aromatic N) is 1. The van der Waals surface area contributed by atoms with Crippen LogP contribution in [-0.2, 0) is 9.59 Å². The number of ketones is 1. The molecule has 29 heavy (non-hydrogen) atoms. The number of benzene rings is 3. The molecule has 1 N–H and O–H groups in total. The van der Waals surface area contributed by atoms with E-state index < -0.39 is 17.7 Å². The number of hydrogen-bond acceptors (Lipinski definition) is 3. The summed E-state index contributed by atoms with van der Waals surface area (Å²) in [6.45, 7) is 1.88. The van der Waals surface area contributed by atoms with Crippen LogP contribution in [0.25, 0.3) is 5.76 Å². The van der Waals surface area contributed by atoms with E-state index >= 15 is 0 Å². The molecule has 4 rings (SSSR count). The summed E-state index contributed by atoms with van der Waals surface area (Å²) in [5.41, 5.74) is 2.73. The fourth-order valence-electron chi connectivity index (χ4n) is 3.63. The Bertz CT molecular complexity index is 1120. The normalized spacial score (nSPS) is 18.3. The Morgan fingerprint density at radius 1 is 0.897 bits per heavy atom. The smallest absolute Gasteiger partial charge is 0.300 e. The van der Waals surface area contributed by atoms with Gasteiger partial charge in [-0.1, -0.05) is 60.1 Å². The summed E-state index contributed by atoms with van der Waals surface area (Å²) in [6, 6.07) is 22.4. The number of anilines is 1. The van der Waals surface area contributed by atoms with Crippen molar-refractivity contribution in [3.8, 4) is 0 Å². The van der Waals surface area contributed by atoms with Crippen molar-refractivity contribution in [1.29, 1.82) is 0 Å². The van der Waals surface area contributed by atoms with E-state index in [0.29, 0.717) is 16.3 Å². The minimum absolute atomic E-state index is 0.0618. The van der Waals surface area contributed by atoms with E-state index in [9.17, 15) is 14.7 Å². The highest BCUT2D eigenvalue weighted by molar-refractivity contribution is 6.51. The van der Waals surface area contributed by atoms with Gasteiger partial charge in [-0.2, -0.15) is 0 Å². The minimum Gasteiger partial charge on any atom is -0.507 e. The molecule has 1 fully saturated rings. The minimum atomic E-state index is -0.729. The van der Waals surface area contributed by atoms with E-state index in [-0.39, 0.29) is 11.3 Å². The molecule has 0 aromatic heterocycles. The van der Waals surface area contributed by atoms with Gasteiger partial charge in [-0.15, -0.1) is 0 Å². The summed E-state index contributed by atoms with van der Waals surface area (Å²) in [6.07, 6.45) is 0. The lowest BCUT2D eigenvalue weighted by molar-refractivity contribution is -0.132. The van der Waals surface area contributed by atoms with Crippen LogP contribution in [0, 0.1) is 6.92 Å². The molecule has 1 heterocycles. The summed E-state index contributed by atoms with van der Waals surface area (Å²) in [4.78, 5) is 27.5. The number of aryl methyl sites for hydroxylation is 1. The van der Waals surface area contributed by atoms with Crippen LogP contribution in [-0.4, -0.2) is 16.8 Å². The van der Waals surface area contributed by atoms with Crippen LogP contribution in [0.15, 0.2) is 84.4 Å². The van der Waals surface area contributed by atoms with Crippen molar-refractivity contribution >= 4 is 34.7 Å². The van der Waals surface area contributed by atoms with Crippen molar-refractivity contribution in [2.24, 2.45) is 0 Å². The van der Waals surface area contributed by atoms with Gasteiger partial charge in [0.25, 0.3) is 11.7 Å². The van der Waals surface area contributed by atoms with Crippen molar-refractivity contribution in [2.75, 3.05) is 4.90 Å². The third kappa shape index (κ3) is 3.32. The average Bonchev–Trinajstić information content (AvgIpc) is 3.00. The first-order valence-electron chi connectivity index (χ1n) is 9.16. The van der Waals surface area contributed by atoms with Crippen LogP contribution in [0.3, 0.4) is 0 Å². The second-order valence-corrected chi connectivity index (χ2v) is 7.31. The lowest BCUT2D eigenvalue weighted by atomic mass is 9.95. The standard InChI is InChI=1S/C24H18ClNO3/c1-15-7-5-6-10-19(15)26-21(16-8-3-2-4-9-16)20(23(28)24(26)29)22(27)17-11-13-18(25)14-12-17/h2-14,21,27H,1H3. The highest BCUT2D eigenvalue weighted by Gasteiger charge is 2.47. The maximum Gasteiger partial charge on any atom is 0.300 e. The first-order chi connectivity index (χ1) is 14.0. The molecule has 0 bridgehead atoms. The van der Waals surface area contributed by atoms with E-state index in [1.807, 2.05) is 55.5 Å². The molecular formula is C24H18ClNO3. The topological polar surface area (TPSA) is 57.6 Å². The lowest BCUT2D eigenvalue weighted by Crippen LogP contribution is -2.30. The van der Waals surface area contributed by atoms with Crippen LogP contribution in [0.2, 0.25) is 5.02 Å². The van der Waals surface area contributed by atoms with Gasteiger partial charge in [0, 0.05) is 16.3 Å². The number of rotatable bonds is 3. The largest absolute Gasteiger partial charge is 0.507 e. The maximum absolute atomic E-state index is 13.1. The highest BCUT2D eigenvalue weighted by Crippen LogP contribution is 2.42. The number of aliphatic hydroxyl groups is 1. The zero-order valence-corrected chi connectivity index (χ0v) is 16.4. The molecule has 3 aromatic carbocycles. The number of amides is 1. The number of para-hydroxylation sites is 1. The zero-order valence-electron chi connectivity index (χ0n) is 15.7. The second kappa shape index (κ2) is 7.57. The third-order valence-electron chi connectivity index (χ3n) is 5.05. The van der Waals surface area contributed by atoms with Gasteiger partial charge in [-0.3, -0.25) is 14.5 Å². The van der Waals surface area contributed by atoms with Crippen LogP contribution in [0.1, 0.15) is 22.7 Å². The molecule has 4 nitrogen and oxygen atoms in total. The van der Waals surface area contributed by atoms with Gasteiger partial charge in [0.1, 0.15) is 5.76 Å². The lowest BCUT2D eigenvalue weighted by Gasteiger charge is -2.26. The molecular weight excluding hydrogens is 386 g/mol. The molecule has 3 aromatic rings. The molecule has 1 aliphatic heterocycles. The second-order valence-electron chi connectivity index (χ2n) is 6.87. The van der Waals surface area contributed by atoms with Crippen LogP contribution < -0.4 is 4.90 Å². The molecule has 0 aliphatic carbocycles.